The van der Waals surface area contributed by atoms with E-state index in [1.165, 1.54) is 33.4 Å². The van der Waals surface area contributed by atoms with Gasteiger partial charge in [0.1, 0.15) is 5.76 Å². The highest BCUT2D eigenvalue weighted by Gasteiger charge is 2.30. The lowest BCUT2D eigenvalue weighted by Gasteiger charge is -2.07. The number of anilines is 1. The number of fused-ring (bicyclic) bond motifs is 1. The summed E-state index contributed by atoms with van der Waals surface area (Å²) in [5, 5.41) is 2.67. The van der Waals surface area contributed by atoms with E-state index < -0.39 is 17.6 Å². The molecule has 4 aromatic rings. The van der Waals surface area contributed by atoms with Crippen LogP contribution in [0.5, 0.6) is 0 Å². The molecule has 1 N–H and O–H groups in total. The molecule has 1 amide bonds. The Kier molecular flexibility index (Phi) is 4.53. The van der Waals surface area contributed by atoms with E-state index in [2.05, 4.69) is 5.32 Å². The maximum Gasteiger partial charge on any atom is 0.416 e. The summed E-state index contributed by atoms with van der Waals surface area (Å²) in [6.45, 7) is 0. The van der Waals surface area contributed by atoms with Crippen LogP contribution in [0.4, 0.5) is 18.9 Å². The number of carbonyl (C=O) groups is 1. The molecule has 2 aromatic heterocycles. The lowest BCUT2D eigenvalue weighted by atomic mass is 10.1. The average Bonchev–Trinajstić information content (AvgIpc) is 3.29. The highest BCUT2D eigenvalue weighted by atomic mass is 19.4. The van der Waals surface area contributed by atoms with Gasteiger partial charge in [0, 0.05) is 25.3 Å². The summed E-state index contributed by atoms with van der Waals surface area (Å²) in [7, 11) is 3.28. The summed E-state index contributed by atoms with van der Waals surface area (Å²) in [4.78, 5) is 24.5. The van der Waals surface area contributed by atoms with E-state index in [-0.39, 0.29) is 22.8 Å². The van der Waals surface area contributed by atoms with Crippen LogP contribution < -0.4 is 11.0 Å². The van der Waals surface area contributed by atoms with E-state index in [1.807, 2.05) is 0 Å². The van der Waals surface area contributed by atoms with E-state index in [4.69, 9.17) is 4.42 Å². The molecule has 0 aliphatic heterocycles. The molecule has 0 spiro atoms. The van der Waals surface area contributed by atoms with E-state index in [0.29, 0.717) is 16.7 Å². The molecule has 4 rings (SSSR count). The molecule has 2 heterocycles. The summed E-state index contributed by atoms with van der Waals surface area (Å²) in [5.74, 6) is -0.467. The number of amides is 1. The zero-order valence-corrected chi connectivity index (χ0v) is 15.9. The smallest absolute Gasteiger partial charge is 0.416 e. The van der Waals surface area contributed by atoms with Crippen molar-refractivity contribution in [2.75, 3.05) is 5.32 Å². The molecule has 0 fully saturated rings. The number of aromatic nitrogens is 2. The van der Waals surface area contributed by atoms with Crippen molar-refractivity contribution in [2.24, 2.45) is 14.1 Å². The Hall–Kier alpha value is -3.75. The summed E-state index contributed by atoms with van der Waals surface area (Å²) in [6.07, 6.45) is -4.47. The molecule has 2 aromatic carbocycles. The summed E-state index contributed by atoms with van der Waals surface area (Å²) in [5.41, 5.74) is 1.03. The number of benzene rings is 2. The van der Waals surface area contributed by atoms with Gasteiger partial charge in [-0.25, -0.2) is 4.79 Å². The first-order valence-electron chi connectivity index (χ1n) is 8.89. The molecule has 0 unspecified atom stereocenters. The minimum Gasteiger partial charge on any atom is -0.451 e. The molecule has 0 aliphatic carbocycles. The Labute approximate surface area is 168 Å². The van der Waals surface area contributed by atoms with Crippen LogP contribution >= 0.6 is 0 Å². The average molecular weight is 415 g/mol. The Morgan fingerprint density at radius 2 is 1.70 bits per heavy atom. The fraction of sp³-hybridized carbons (Fsp3) is 0.143. The number of nitrogens with one attached hydrogen (secondary N) is 1. The largest absolute Gasteiger partial charge is 0.451 e. The second-order valence-corrected chi connectivity index (χ2v) is 6.80. The number of furan rings is 1. The molecule has 30 heavy (non-hydrogen) atoms. The minimum absolute atomic E-state index is 0.0514. The van der Waals surface area contributed by atoms with Crippen LogP contribution in [0.2, 0.25) is 0 Å². The lowest BCUT2D eigenvalue weighted by molar-refractivity contribution is -0.137. The third kappa shape index (κ3) is 3.38. The summed E-state index contributed by atoms with van der Waals surface area (Å²) >= 11 is 0. The highest BCUT2D eigenvalue weighted by molar-refractivity contribution is 6.03. The zero-order valence-electron chi connectivity index (χ0n) is 15.9. The van der Waals surface area contributed by atoms with E-state index >= 15 is 0 Å². The van der Waals surface area contributed by atoms with Gasteiger partial charge in [0.05, 0.1) is 16.6 Å². The first kappa shape index (κ1) is 19.6. The molecule has 0 aliphatic rings. The fourth-order valence-corrected chi connectivity index (χ4v) is 3.24. The second kappa shape index (κ2) is 6.94. The number of hydrogen-bond acceptors (Lipinski definition) is 3. The molecule has 0 bridgehead atoms. The van der Waals surface area contributed by atoms with Crippen molar-refractivity contribution in [2.45, 2.75) is 6.18 Å². The van der Waals surface area contributed by atoms with Crippen LogP contribution in [0.25, 0.3) is 22.4 Å². The van der Waals surface area contributed by atoms with Gasteiger partial charge < -0.3 is 9.73 Å². The third-order valence-corrected chi connectivity index (χ3v) is 4.83. The maximum atomic E-state index is 12.9. The topological polar surface area (TPSA) is 69.2 Å². The van der Waals surface area contributed by atoms with Gasteiger partial charge >= 0.3 is 11.9 Å². The molecular formula is C21H16F3N3O3. The number of imidazole rings is 1. The fourth-order valence-electron chi connectivity index (χ4n) is 3.24. The number of hydrogen-bond donors (Lipinski definition) is 1. The molecular weight excluding hydrogens is 399 g/mol. The van der Waals surface area contributed by atoms with Crippen molar-refractivity contribution in [1.82, 2.24) is 9.13 Å². The Bertz CT molecular complexity index is 1330. The Balaban J connectivity index is 1.59. The molecule has 154 valence electrons. The van der Waals surface area contributed by atoms with Crippen LogP contribution in [-0.2, 0) is 20.3 Å². The number of halogens is 3. The van der Waals surface area contributed by atoms with Gasteiger partial charge in [0.2, 0.25) is 0 Å². The number of alkyl halides is 3. The van der Waals surface area contributed by atoms with Crippen LogP contribution in [-0.4, -0.2) is 15.0 Å². The van der Waals surface area contributed by atoms with Crippen LogP contribution in [0.3, 0.4) is 0 Å². The molecule has 0 saturated carbocycles. The van der Waals surface area contributed by atoms with Crippen LogP contribution in [0.1, 0.15) is 16.1 Å². The number of aryl methyl sites for hydroxylation is 2. The van der Waals surface area contributed by atoms with Gasteiger partial charge in [-0.2, -0.15) is 13.2 Å². The van der Waals surface area contributed by atoms with Crippen molar-refractivity contribution in [1.29, 1.82) is 0 Å². The van der Waals surface area contributed by atoms with Gasteiger partial charge in [0.15, 0.2) is 5.76 Å². The lowest BCUT2D eigenvalue weighted by Crippen LogP contribution is -2.19. The quantitative estimate of drug-likeness (QED) is 0.539. The molecule has 0 atom stereocenters. The first-order chi connectivity index (χ1) is 14.1. The highest BCUT2D eigenvalue weighted by Crippen LogP contribution is 2.32. The predicted molar refractivity (Wildman–Crippen MR) is 105 cm³/mol. The van der Waals surface area contributed by atoms with Gasteiger partial charge in [0.25, 0.3) is 5.91 Å². The van der Waals surface area contributed by atoms with Crippen LogP contribution in [0.15, 0.2) is 63.8 Å². The van der Waals surface area contributed by atoms with E-state index in [9.17, 15) is 22.8 Å². The normalized spacial score (nSPS) is 11.8. The minimum atomic E-state index is -4.47. The van der Waals surface area contributed by atoms with Crippen molar-refractivity contribution in [3.8, 4) is 11.3 Å². The molecule has 0 radical (unpaired) electrons. The first-order valence-corrected chi connectivity index (χ1v) is 8.89. The maximum absolute atomic E-state index is 12.9. The molecule has 0 saturated heterocycles. The Morgan fingerprint density at radius 1 is 0.967 bits per heavy atom. The molecule has 6 nitrogen and oxygen atoms in total. The van der Waals surface area contributed by atoms with Gasteiger partial charge in [-0.15, -0.1) is 0 Å². The van der Waals surface area contributed by atoms with Crippen molar-refractivity contribution >= 4 is 22.6 Å². The second-order valence-electron chi connectivity index (χ2n) is 6.80. The van der Waals surface area contributed by atoms with Crippen molar-refractivity contribution in [3.05, 3.63) is 76.4 Å². The van der Waals surface area contributed by atoms with E-state index in [0.717, 1.165) is 12.1 Å². The van der Waals surface area contributed by atoms with Gasteiger partial charge in [-0.1, -0.05) is 12.1 Å². The monoisotopic (exact) mass is 415 g/mol. The number of rotatable bonds is 3. The van der Waals surface area contributed by atoms with Crippen molar-refractivity contribution in [3.63, 3.8) is 0 Å². The van der Waals surface area contributed by atoms with Gasteiger partial charge in [-0.05, 0) is 42.5 Å². The number of nitrogens with zero attached hydrogens (tertiary/aromatic N) is 2. The standard InChI is InChI=1S/C21H16F3N3O3/c1-26-15-7-6-14(11-16(15)27(2)20(26)29)25-19(28)18-9-8-17(30-18)12-4-3-5-13(10-12)21(22,23)24/h3-11H,1-2H3,(H,25,28). The zero-order chi connectivity index (χ0) is 21.6. The summed E-state index contributed by atoms with van der Waals surface area (Å²) in [6, 6.07) is 12.5. The summed E-state index contributed by atoms with van der Waals surface area (Å²) < 4.78 is 47.1. The van der Waals surface area contributed by atoms with Crippen LogP contribution in [0, 0.1) is 0 Å². The Morgan fingerprint density at radius 3 is 2.43 bits per heavy atom. The molecule has 9 heteroatoms. The third-order valence-electron chi connectivity index (χ3n) is 4.83. The SMILES string of the molecule is Cn1c(=O)n(C)c2cc(NC(=O)c3ccc(-c4cccc(C(F)(F)F)c4)o3)ccc21. The predicted octanol–water partition coefficient (Wildman–Crippen LogP) is 4.41. The van der Waals surface area contributed by atoms with E-state index in [1.54, 1.807) is 32.3 Å². The number of carbonyl (C=O) groups excluding carboxylic acids is 1. The van der Waals surface area contributed by atoms with Gasteiger partial charge in [-0.3, -0.25) is 13.9 Å². The van der Waals surface area contributed by atoms with Crippen molar-refractivity contribution < 1.29 is 22.4 Å².